The Bertz CT molecular complexity index is 1150. The standard InChI is InChI=1S/C65H122O6/c1-4-7-10-13-16-19-22-23-24-25-26-27-28-29-30-31-32-33-34-35-36-37-38-39-40-41-44-46-49-52-55-58-64(67)70-61-62(71-65(68)59-56-53-50-47-43-21-18-15-12-9-6-3)60-69-63(66)57-54-51-48-45-42-20-17-14-11-8-5-2/h15,18,25-26,62H,4-14,16-17,19-24,27-61H2,1-3H3/b18-15-,26-25-. The molecule has 0 aliphatic carbocycles. The largest absolute Gasteiger partial charge is 0.462 e. The third-order valence-corrected chi connectivity index (χ3v) is 14.4. The Labute approximate surface area is 443 Å². The van der Waals surface area contributed by atoms with Gasteiger partial charge in [0.15, 0.2) is 6.10 Å². The van der Waals surface area contributed by atoms with E-state index in [4.69, 9.17) is 14.2 Å². The lowest BCUT2D eigenvalue weighted by Crippen LogP contribution is -2.30. The number of carbonyl (C=O) groups excluding carboxylic acids is 3. The Kier molecular flexibility index (Phi) is 58.6. The Morgan fingerprint density at radius 1 is 0.268 bits per heavy atom. The van der Waals surface area contributed by atoms with Gasteiger partial charge in [-0.05, 0) is 64.2 Å². The van der Waals surface area contributed by atoms with E-state index < -0.39 is 6.10 Å². The summed E-state index contributed by atoms with van der Waals surface area (Å²) in [6, 6.07) is 0. The van der Waals surface area contributed by atoms with E-state index in [2.05, 4.69) is 45.1 Å². The molecular weight excluding hydrogens is 877 g/mol. The molecule has 418 valence electrons. The molecule has 6 heteroatoms. The van der Waals surface area contributed by atoms with Crippen LogP contribution in [0.25, 0.3) is 0 Å². The summed E-state index contributed by atoms with van der Waals surface area (Å²) in [4.78, 5) is 38.1. The first-order chi connectivity index (χ1) is 35.0. The second-order valence-electron chi connectivity index (χ2n) is 21.7. The van der Waals surface area contributed by atoms with Gasteiger partial charge in [0, 0.05) is 19.3 Å². The Hall–Kier alpha value is -2.11. The van der Waals surface area contributed by atoms with E-state index in [1.807, 2.05) is 0 Å². The van der Waals surface area contributed by atoms with Crippen LogP contribution in [-0.2, 0) is 28.6 Å². The summed E-state index contributed by atoms with van der Waals surface area (Å²) in [5.74, 6) is -0.860. The number of esters is 3. The summed E-state index contributed by atoms with van der Waals surface area (Å²) in [5.41, 5.74) is 0. The van der Waals surface area contributed by atoms with Gasteiger partial charge in [-0.1, -0.05) is 295 Å². The van der Waals surface area contributed by atoms with Crippen LogP contribution in [0.5, 0.6) is 0 Å². The zero-order chi connectivity index (χ0) is 51.4. The number of ether oxygens (including phenoxy) is 3. The van der Waals surface area contributed by atoms with Crippen LogP contribution in [0.1, 0.15) is 355 Å². The molecule has 1 atom stereocenters. The SMILES string of the molecule is CCCC/C=C\CCCCCCCC(=O)OC(COC(=O)CCCCCCCCCCCCC)COC(=O)CCCCCCCCCCCCCCCCCCCCC/C=C\CCCCCCCCCC. The molecule has 0 radical (unpaired) electrons. The fraction of sp³-hybridized carbons (Fsp3) is 0.892. The Morgan fingerprint density at radius 3 is 0.746 bits per heavy atom. The van der Waals surface area contributed by atoms with E-state index in [1.165, 1.54) is 250 Å². The Balaban J connectivity index is 4.01. The molecule has 0 aliphatic heterocycles. The van der Waals surface area contributed by atoms with Crippen molar-refractivity contribution in [3.8, 4) is 0 Å². The van der Waals surface area contributed by atoms with Gasteiger partial charge in [0.2, 0.25) is 0 Å². The van der Waals surface area contributed by atoms with Gasteiger partial charge in [-0.25, -0.2) is 0 Å². The van der Waals surface area contributed by atoms with E-state index in [0.717, 1.165) is 64.2 Å². The van der Waals surface area contributed by atoms with Crippen molar-refractivity contribution in [1.29, 1.82) is 0 Å². The topological polar surface area (TPSA) is 78.9 Å². The molecule has 1 unspecified atom stereocenters. The van der Waals surface area contributed by atoms with Crippen molar-refractivity contribution in [3.05, 3.63) is 24.3 Å². The van der Waals surface area contributed by atoms with E-state index in [0.29, 0.717) is 19.3 Å². The molecule has 0 heterocycles. The van der Waals surface area contributed by atoms with Gasteiger partial charge < -0.3 is 14.2 Å². The van der Waals surface area contributed by atoms with Crippen molar-refractivity contribution < 1.29 is 28.6 Å². The summed E-state index contributed by atoms with van der Waals surface area (Å²) < 4.78 is 16.8. The first kappa shape index (κ1) is 68.9. The second-order valence-corrected chi connectivity index (χ2v) is 21.7. The molecule has 0 rings (SSSR count). The molecule has 0 aromatic carbocycles. The van der Waals surface area contributed by atoms with Gasteiger partial charge in [-0.2, -0.15) is 0 Å². The maximum absolute atomic E-state index is 12.8. The first-order valence-corrected chi connectivity index (χ1v) is 31.8. The van der Waals surface area contributed by atoms with Gasteiger partial charge in [0.25, 0.3) is 0 Å². The smallest absolute Gasteiger partial charge is 0.306 e. The molecule has 0 saturated heterocycles. The van der Waals surface area contributed by atoms with Crippen molar-refractivity contribution in [1.82, 2.24) is 0 Å². The summed E-state index contributed by atoms with van der Waals surface area (Å²) in [7, 11) is 0. The third kappa shape index (κ3) is 58.7. The second kappa shape index (κ2) is 60.4. The average Bonchev–Trinajstić information content (AvgIpc) is 3.37. The van der Waals surface area contributed by atoms with Crippen LogP contribution >= 0.6 is 0 Å². The number of carbonyl (C=O) groups is 3. The zero-order valence-corrected chi connectivity index (χ0v) is 48.0. The normalized spacial score (nSPS) is 12.1. The minimum Gasteiger partial charge on any atom is -0.462 e. The van der Waals surface area contributed by atoms with Crippen LogP contribution in [0.4, 0.5) is 0 Å². The van der Waals surface area contributed by atoms with Gasteiger partial charge >= 0.3 is 17.9 Å². The molecule has 0 fully saturated rings. The molecule has 0 saturated carbocycles. The maximum atomic E-state index is 12.8. The third-order valence-electron chi connectivity index (χ3n) is 14.4. The van der Waals surface area contributed by atoms with Crippen LogP contribution in [0.2, 0.25) is 0 Å². The lowest BCUT2D eigenvalue weighted by atomic mass is 10.0. The van der Waals surface area contributed by atoms with Gasteiger partial charge in [-0.15, -0.1) is 0 Å². The van der Waals surface area contributed by atoms with Crippen molar-refractivity contribution in [2.45, 2.75) is 361 Å². The van der Waals surface area contributed by atoms with Gasteiger partial charge in [0.05, 0.1) is 0 Å². The fourth-order valence-electron chi connectivity index (χ4n) is 9.60. The maximum Gasteiger partial charge on any atom is 0.306 e. The number of hydrogen-bond acceptors (Lipinski definition) is 6. The minimum absolute atomic E-state index is 0.0693. The van der Waals surface area contributed by atoms with Crippen molar-refractivity contribution >= 4 is 17.9 Å². The Morgan fingerprint density at radius 2 is 0.479 bits per heavy atom. The number of rotatable bonds is 59. The lowest BCUT2D eigenvalue weighted by Gasteiger charge is -2.18. The molecule has 0 amide bonds. The predicted molar refractivity (Wildman–Crippen MR) is 307 cm³/mol. The van der Waals surface area contributed by atoms with Crippen molar-refractivity contribution in [2.75, 3.05) is 13.2 Å². The van der Waals surface area contributed by atoms with Crippen LogP contribution in [-0.4, -0.2) is 37.2 Å². The highest BCUT2D eigenvalue weighted by Crippen LogP contribution is 2.18. The van der Waals surface area contributed by atoms with E-state index in [-0.39, 0.29) is 31.1 Å². The van der Waals surface area contributed by atoms with E-state index >= 15 is 0 Å². The quantitative estimate of drug-likeness (QED) is 0.0261. The molecule has 0 aromatic rings. The fourth-order valence-corrected chi connectivity index (χ4v) is 9.60. The number of allylic oxidation sites excluding steroid dienone is 4. The highest BCUT2D eigenvalue weighted by atomic mass is 16.6. The van der Waals surface area contributed by atoms with Crippen LogP contribution in [0.3, 0.4) is 0 Å². The molecule has 0 aliphatic rings. The van der Waals surface area contributed by atoms with Crippen molar-refractivity contribution in [3.63, 3.8) is 0 Å². The average molecular weight is 1000 g/mol. The molecule has 6 nitrogen and oxygen atoms in total. The summed E-state index contributed by atoms with van der Waals surface area (Å²) in [6.07, 6.45) is 72.2. The predicted octanol–water partition coefficient (Wildman–Crippen LogP) is 21.4. The van der Waals surface area contributed by atoms with Crippen LogP contribution in [0, 0.1) is 0 Å². The minimum atomic E-state index is -0.769. The van der Waals surface area contributed by atoms with E-state index in [1.54, 1.807) is 0 Å². The highest BCUT2D eigenvalue weighted by molar-refractivity contribution is 5.71. The molecule has 0 N–H and O–H groups in total. The molecule has 0 aromatic heterocycles. The number of hydrogen-bond donors (Lipinski definition) is 0. The zero-order valence-electron chi connectivity index (χ0n) is 48.0. The molecular formula is C65H122O6. The van der Waals surface area contributed by atoms with Gasteiger partial charge in [0.1, 0.15) is 13.2 Å². The molecule has 0 spiro atoms. The lowest BCUT2D eigenvalue weighted by molar-refractivity contribution is -0.167. The summed E-state index contributed by atoms with van der Waals surface area (Å²) >= 11 is 0. The van der Waals surface area contributed by atoms with Gasteiger partial charge in [-0.3, -0.25) is 14.4 Å². The van der Waals surface area contributed by atoms with Crippen LogP contribution < -0.4 is 0 Å². The number of unbranched alkanes of at least 4 members (excludes halogenated alkanes) is 44. The van der Waals surface area contributed by atoms with Crippen molar-refractivity contribution in [2.24, 2.45) is 0 Å². The van der Waals surface area contributed by atoms with Crippen LogP contribution in [0.15, 0.2) is 24.3 Å². The van der Waals surface area contributed by atoms with E-state index in [9.17, 15) is 14.4 Å². The molecule has 0 bridgehead atoms. The highest BCUT2D eigenvalue weighted by Gasteiger charge is 2.19. The summed E-state index contributed by atoms with van der Waals surface area (Å²) in [5, 5.41) is 0. The monoisotopic (exact) mass is 999 g/mol. The first-order valence-electron chi connectivity index (χ1n) is 31.8. The molecule has 71 heavy (non-hydrogen) atoms. The summed E-state index contributed by atoms with van der Waals surface area (Å²) in [6.45, 7) is 6.63.